The zero-order chi connectivity index (χ0) is 36.3. The Kier molecular flexibility index (Phi) is 11.6. The summed E-state index contributed by atoms with van der Waals surface area (Å²) in [5.74, 6) is -2.17. The molecular weight excluding hydrogens is 667 g/mol. The first-order chi connectivity index (χ1) is 23.7. The monoisotopic (exact) mass is 714 g/mol. The molecule has 2 aromatic rings. The molecule has 272 valence electrons. The van der Waals surface area contributed by atoms with Gasteiger partial charge < -0.3 is 40.3 Å². The number of aliphatic imine (C=N–C) groups is 1. The van der Waals surface area contributed by atoms with E-state index in [2.05, 4.69) is 27.7 Å². The van der Waals surface area contributed by atoms with Gasteiger partial charge in [-0.15, -0.1) is 0 Å². The molecule has 0 bridgehead atoms. The maximum atomic E-state index is 15.9. The van der Waals surface area contributed by atoms with Gasteiger partial charge in [0.25, 0.3) is 0 Å². The topological polar surface area (TPSA) is 154 Å². The van der Waals surface area contributed by atoms with Gasteiger partial charge in [0.2, 0.25) is 11.3 Å². The van der Waals surface area contributed by atoms with Crippen LogP contribution in [0.2, 0.25) is 5.02 Å². The van der Waals surface area contributed by atoms with Crippen molar-refractivity contribution in [3.05, 3.63) is 51.0 Å². The third-order valence-corrected chi connectivity index (χ3v) is 9.98. The van der Waals surface area contributed by atoms with Gasteiger partial charge in [-0.3, -0.25) is 9.59 Å². The summed E-state index contributed by atoms with van der Waals surface area (Å²) in [7, 11) is 0. The molecule has 1 aromatic heterocycles. The van der Waals surface area contributed by atoms with Crippen molar-refractivity contribution in [2.75, 3.05) is 31.1 Å². The molecule has 2 fully saturated rings. The number of anilines is 1. The molecular formula is C36H48ClFN6O6. The molecule has 5 atom stereocenters. The van der Waals surface area contributed by atoms with Gasteiger partial charge in [0.05, 0.1) is 33.7 Å². The number of nitrogens with one attached hydrogen (secondary N) is 3. The van der Waals surface area contributed by atoms with Crippen molar-refractivity contribution in [2.45, 2.75) is 96.0 Å². The van der Waals surface area contributed by atoms with Crippen molar-refractivity contribution < 1.29 is 28.6 Å². The summed E-state index contributed by atoms with van der Waals surface area (Å²) in [5.41, 5.74) is -1.30. The number of fused-ring (bicyclic) bond motifs is 2. The van der Waals surface area contributed by atoms with E-state index in [4.69, 9.17) is 16.3 Å². The number of unbranched alkanes of at least 4 members (excludes halogenated alkanes) is 1. The third kappa shape index (κ3) is 8.66. The quantitative estimate of drug-likeness (QED) is 0.120. The summed E-state index contributed by atoms with van der Waals surface area (Å²) >= 11 is 6.91. The van der Waals surface area contributed by atoms with E-state index in [1.165, 1.54) is 6.20 Å². The summed E-state index contributed by atoms with van der Waals surface area (Å²) in [6.07, 6.45) is 9.51. The average Bonchev–Trinajstić information content (AvgIpc) is 3.79. The average molecular weight is 715 g/mol. The fraction of sp³-hybridized carbons (Fsp3) is 0.583. The van der Waals surface area contributed by atoms with Crippen LogP contribution >= 0.6 is 11.6 Å². The first-order valence-corrected chi connectivity index (χ1v) is 17.7. The molecule has 1 aliphatic heterocycles. The molecule has 2 amide bonds. The van der Waals surface area contributed by atoms with Gasteiger partial charge in [-0.1, -0.05) is 23.8 Å². The summed E-state index contributed by atoms with van der Waals surface area (Å²) in [4.78, 5) is 56.5. The first kappa shape index (κ1) is 37.3. The Morgan fingerprint density at radius 1 is 1.22 bits per heavy atom. The number of hydrogen-bond donors (Lipinski definition) is 4. The summed E-state index contributed by atoms with van der Waals surface area (Å²) < 4.78 is 23.0. The second kappa shape index (κ2) is 15.5. The van der Waals surface area contributed by atoms with Crippen LogP contribution in [-0.4, -0.2) is 84.3 Å². The molecule has 1 saturated carbocycles. The van der Waals surface area contributed by atoms with E-state index < -0.39 is 40.5 Å². The molecule has 1 aromatic carbocycles. The van der Waals surface area contributed by atoms with Crippen molar-refractivity contribution in [1.82, 2.24) is 20.5 Å². The number of alkyl carbamates (subject to hydrolysis) is 1. The van der Waals surface area contributed by atoms with Crippen LogP contribution in [0.15, 0.2) is 34.2 Å². The highest BCUT2D eigenvalue weighted by atomic mass is 35.5. The minimum Gasteiger partial charge on any atom is -0.477 e. The minimum atomic E-state index is -1.37. The van der Waals surface area contributed by atoms with E-state index in [-0.39, 0.29) is 52.0 Å². The van der Waals surface area contributed by atoms with Gasteiger partial charge in [0.1, 0.15) is 17.0 Å². The molecule has 5 rings (SSSR count). The zero-order valence-electron chi connectivity index (χ0n) is 29.1. The first-order valence-electron chi connectivity index (χ1n) is 17.4. The summed E-state index contributed by atoms with van der Waals surface area (Å²) in [6, 6.07) is -0.0338. The zero-order valence-corrected chi connectivity index (χ0v) is 29.9. The maximum Gasteiger partial charge on any atom is 0.407 e. The molecule has 14 heteroatoms. The molecule has 0 radical (unpaired) electrons. The number of carboxylic acids is 1. The predicted molar refractivity (Wildman–Crippen MR) is 192 cm³/mol. The van der Waals surface area contributed by atoms with E-state index in [0.717, 1.165) is 38.2 Å². The number of ether oxygens (including phenoxy) is 1. The van der Waals surface area contributed by atoms with Crippen LogP contribution in [0.3, 0.4) is 0 Å². The Labute approximate surface area is 296 Å². The van der Waals surface area contributed by atoms with Crippen molar-refractivity contribution in [3.8, 4) is 0 Å². The van der Waals surface area contributed by atoms with Crippen LogP contribution in [0, 0.1) is 17.7 Å². The molecule has 12 nitrogen and oxygen atoms in total. The van der Waals surface area contributed by atoms with Crippen LogP contribution in [-0.2, 0) is 9.53 Å². The van der Waals surface area contributed by atoms with Gasteiger partial charge in [-0.05, 0) is 84.9 Å². The molecule has 50 heavy (non-hydrogen) atoms. The Balaban J connectivity index is 1.27. The summed E-state index contributed by atoms with van der Waals surface area (Å²) in [6.45, 7) is 12.6. The lowest BCUT2D eigenvalue weighted by Gasteiger charge is -2.30. The van der Waals surface area contributed by atoms with Crippen LogP contribution in [0.25, 0.3) is 10.9 Å². The lowest BCUT2D eigenvalue weighted by molar-refractivity contribution is -0.123. The number of carbonyl (C=O) groups is 3. The van der Waals surface area contributed by atoms with Crippen molar-refractivity contribution in [3.63, 3.8) is 0 Å². The Hall–Kier alpha value is -3.97. The van der Waals surface area contributed by atoms with Crippen molar-refractivity contribution in [1.29, 1.82) is 0 Å². The lowest BCUT2D eigenvalue weighted by Crippen LogP contribution is -2.52. The lowest BCUT2D eigenvalue weighted by atomic mass is 9.82. The normalized spacial score (nSPS) is 21.4. The van der Waals surface area contributed by atoms with Crippen LogP contribution in [0.1, 0.15) is 82.6 Å². The smallest absolute Gasteiger partial charge is 0.407 e. The fourth-order valence-electron chi connectivity index (χ4n) is 6.96. The number of amides is 2. The summed E-state index contributed by atoms with van der Waals surface area (Å²) in [5, 5.41) is 19.0. The molecule has 2 heterocycles. The molecule has 4 N–H and O–H groups in total. The molecule has 1 saturated heterocycles. The van der Waals surface area contributed by atoms with Crippen LogP contribution < -0.4 is 26.3 Å². The number of carboxylic acid groups (broad SMARTS) is 1. The second-order valence-electron chi connectivity index (χ2n) is 14.7. The van der Waals surface area contributed by atoms with Crippen molar-refractivity contribution in [2.24, 2.45) is 16.8 Å². The van der Waals surface area contributed by atoms with Gasteiger partial charge in [0, 0.05) is 50.4 Å². The van der Waals surface area contributed by atoms with Gasteiger partial charge in [0.15, 0.2) is 0 Å². The second-order valence-corrected chi connectivity index (χ2v) is 15.1. The number of aromatic nitrogens is 1. The number of pyridine rings is 1. The minimum absolute atomic E-state index is 0.00880. The van der Waals surface area contributed by atoms with Gasteiger partial charge in [-0.2, -0.15) is 0 Å². The molecule has 2 aliphatic carbocycles. The van der Waals surface area contributed by atoms with Gasteiger partial charge in [-0.25, -0.2) is 14.0 Å². The van der Waals surface area contributed by atoms with E-state index in [1.807, 2.05) is 17.1 Å². The maximum absolute atomic E-state index is 15.9. The number of halogens is 2. The predicted octanol–water partition coefficient (Wildman–Crippen LogP) is 5.07. The van der Waals surface area contributed by atoms with E-state index in [0.29, 0.717) is 38.1 Å². The highest BCUT2D eigenvalue weighted by molar-refractivity contribution is 6.38. The number of carbonyl (C=O) groups excluding carboxylic acids is 2. The molecule has 0 spiro atoms. The van der Waals surface area contributed by atoms with E-state index >= 15 is 4.39 Å². The molecule has 3 unspecified atom stereocenters. The number of benzene rings is 1. The number of rotatable bonds is 14. The Morgan fingerprint density at radius 2 is 1.96 bits per heavy atom. The highest BCUT2D eigenvalue weighted by Crippen LogP contribution is 2.44. The van der Waals surface area contributed by atoms with Crippen molar-refractivity contribution >= 4 is 52.9 Å². The van der Waals surface area contributed by atoms with Crippen LogP contribution in [0.4, 0.5) is 14.9 Å². The van der Waals surface area contributed by atoms with Crippen LogP contribution in [0.5, 0.6) is 0 Å². The number of aromatic carboxylic acids is 1. The molecule has 3 aliphatic rings. The Morgan fingerprint density at radius 3 is 2.62 bits per heavy atom. The number of hydrogen-bond acceptors (Lipinski definition) is 8. The van der Waals surface area contributed by atoms with E-state index in [9.17, 15) is 24.3 Å². The number of allylic oxidation sites excluding steroid dienone is 1. The van der Waals surface area contributed by atoms with E-state index in [1.54, 1.807) is 32.3 Å². The third-order valence-electron chi connectivity index (χ3n) is 9.62. The fourth-order valence-corrected chi connectivity index (χ4v) is 7.37. The highest BCUT2D eigenvalue weighted by Gasteiger charge is 2.41. The number of nitrogens with zero attached hydrogens (tertiary/aromatic N) is 3. The Bertz CT molecular complexity index is 1720. The standard InChI is InChI=1S/C36H48ClFN6O6/c1-20(40-16-22(10-6-7-14-39-5)41-35(49)50-36(2,3)4)33(46)42-28-11-8-9-21-17-43(18-25(21)28)31-27(38)15-24-30(29(31)37)44(23-12-13-23)19-26(32(24)45)34(47)48/h8,11,15,19-23,25,28,40H,5-7,9-10,12-14,16-18H2,1-4H3,(H,41,49)(H,42,46)(H,47,48)/t20-,21?,22+,25?,28?/m1/s1. The largest absolute Gasteiger partial charge is 0.477 e. The SMILES string of the molecule is C=NCCCC[C@@H](CN[C@H](C)C(=O)NC1C=CCC2CN(c3c(F)cc4c(=O)c(C(=O)O)cn(C5CC5)c4c3Cl)CC21)NC(=O)OC(C)(C)C. The van der Waals surface area contributed by atoms with Gasteiger partial charge >= 0.3 is 12.1 Å².